The molecule has 0 saturated heterocycles. The third-order valence-electron chi connectivity index (χ3n) is 10.5. The van der Waals surface area contributed by atoms with Crippen LogP contribution in [0.2, 0.25) is 0 Å². The number of rotatable bonds is 8. The minimum atomic E-state index is 0.679. The molecular formula is C54H36N4. The van der Waals surface area contributed by atoms with Crippen molar-refractivity contribution in [2.75, 3.05) is 0 Å². The molecule has 0 fully saturated rings. The number of fused-ring (bicyclic) bond motifs is 1. The Morgan fingerprint density at radius 1 is 0.224 bits per heavy atom. The topological polar surface area (TPSA) is 51.6 Å². The van der Waals surface area contributed by atoms with Gasteiger partial charge < -0.3 is 0 Å². The average Bonchev–Trinajstić information content (AvgIpc) is 3.32. The van der Waals surface area contributed by atoms with Crippen molar-refractivity contribution < 1.29 is 0 Å². The largest absolute Gasteiger partial charge is 0.248 e. The van der Waals surface area contributed by atoms with Crippen LogP contribution in [0.25, 0.3) is 101 Å². The van der Waals surface area contributed by atoms with Gasteiger partial charge in [-0.3, -0.25) is 0 Å². The van der Waals surface area contributed by atoms with Crippen molar-refractivity contribution in [1.82, 2.24) is 19.9 Å². The quantitative estimate of drug-likeness (QED) is 0.156. The lowest BCUT2D eigenvalue weighted by molar-refractivity contribution is 1.23. The number of hydrogen-bond acceptors (Lipinski definition) is 4. The summed E-state index contributed by atoms with van der Waals surface area (Å²) in [6, 6.07) is 75.6. The third kappa shape index (κ3) is 7.07. The molecule has 0 amide bonds. The summed E-state index contributed by atoms with van der Waals surface area (Å²) in [5.41, 5.74) is 16.2. The second kappa shape index (κ2) is 15.4. The van der Waals surface area contributed by atoms with Crippen LogP contribution in [0, 0.1) is 0 Å². The monoisotopic (exact) mass is 740 g/mol. The van der Waals surface area contributed by atoms with Crippen molar-refractivity contribution in [3.8, 4) is 89.9 Å². The maximum atomic E-state index is 5.22. The van der Waals surface area contributed by atoms with Gasteiger partial charge in [-0.15, -0.1) is 0 Å². The summed E-state index contributed by atoms with van der Waals surface area (Å²) in [7, 11) is 0. The lowest BCUT2D eigenvalue weighted by Gasteiger charge is -2.13. The van der Waals surface area contributed by atoms with E-state index in [-0.39, 0.29) is 0 Å². The smallest absolute Gasteiger partial charge is 0.160 e. The van der Waals surface area contributed by atoms with E-state index < -0.39 is 0 Å². The number of benzene rings is 7. The van der Waals surface area contributed by atoms with E-state index in [0.29, 0.717) is 5.82 Å². The highest BCUT2D eigenvalue weighted by molar-refractivity contribution is 5.94. The highest BCUT2D eigenvalue weighted by atomic mass is 14.9. The Balaban J connectivity index is 1.01. The van der Waals surface area contributed by atoms with Crippen LogP contribution in [0.4, 0.5) is 0 Å². The molecule has 10 aromatic rings. The van der Waals surface area contributed by atoms with Gasteiger partial charge in [-0.25, -0.2) is 19.9 Å². The van der Waals surface area contributed by atoms with Gasteiger partial charge in [0.25, 0.3) is 0 Å². The molecule has 0 radical (unpaired) electrons. The number of pyridine rings is 2. The Morgan fingerprint density at radius 3 is 1.05 bits per heavy atom. The SMILES string of the molecule is c1ccc(-c2cc(-c3ccccc3)nc(-c3ccc(-c4nc(-c5ccc(-c6cc(-c7ccccc7)nc(-c7ccccc7)c6)cc5)nc5ccccc45)cc3)c2)cc1. The van der Waals surface area contributed by atoms with E-state index in [2.05, 4.69) is 182 Å². The first-order valence-electron chi connectivity index (χ1n) is 19.5. The van der Waals surface area contributed by atoms with Crippen molar-refractivity contribution in [3.63, 3.8) is 0 Å². The van der Waals surface area contributed by atoms with Gasteiger partial charge in [0, 0.05) is 38.8 Å². The van der Waals surface area contributed by atoms with Crippen LogP contribution in [-0.4, -0.2) is 19.9 Å². The highest BCUT2D eigenvalue weighted by Crippen LogP contribution is 2.35. The van der Waals surface area contributed by atoms with Gasteiger partial charge in [0.05, 0.1) is 34.0 Å². The number of hydrogen-bond donors (Lipinski definition) is 0. The summed E-state index contributed by atoms with van der Waals surface area (Å²) in [4.78, 5) is 20.5. The van der Waals surface area contributed by atoms with Crippen LogP contribution in [0.1, 0.15) is 0 Å². The van der Waals surface area contributed by atoms with Crippen molar-refractivity contribution in [3.05, 3.63) is 218 Å². The fourth-order valence-corrected chi connectivity index (χ4v) is 7.48. The van der Waals surface area contributed by atoms with Crippen LogP contribution in [0.15, 0.2) is 218 Å². The first-order chi connectivity index (χ1) is 28.7. The molecule has 10 rings (SSSR count). The van der Waals surface area contributed by atoms with Crippen molar-refractivity contribution in [2.24, 2.45) is 0 Å². The van der Waals surface area contributed by atoms with Crippen LogP contribution in [0.3, 0.4) is 0 Å². The Hall–Kier alpha value is -7.82. The maximum absolute atomic E-state index is 5.22. The fraction of sp³-hybridized carbons (Fsp3) is 0. The van der Waals surface area contributed by atoms with E-state index in [1.807, 2.05) is 36.4 Å². The number of aromatic nitrogens is 4. The molecule has 0 aliphatic carbocycles. The summed E-state index contributed by atoms with van der Waals surface area (Å²) >= 11 is 0. The van der Waals surface area contributed by atoms with E-state index in [4.69, 9.17) is 19.9 Å². The predicted molar refractivity (Wildman–Crippen MR) is 239 cm³/mol. The van der Waals surface area contributed by atoms with Gasteiger partial charge in [0.1, 0.15) is 0 Å². The molecule has 0 atom stereocenters. The van der Waals surface area contributed by atoms with Gasteiger partial charge in [-0.1, -0.05) is 188 Å². The van der Waals surface area contributed by atoms with Crippen molar-refractivity contribution in [1.29, 1.82) is 0 Å². The van der Waals surface area contributed by atoms with Crippen molar-refractivity contribution in [2.45, 2.75) is 0 Å². The standard InChI is InChI=1S/C54H36N4/c1-5-15-37(16-6-1)45-33-49(39-17-7-2-8-18-39)56-52(34-45)42-27-29-43(30-28-42)53-47-23-13-14-24-48(47)57-54(58-53)44-31-25-38(26-32-44)46-35-50(40-19-9-3-10-20-40)55-51(36-46)41-21-11-4-12-22-41/h1-36H. The zero-order chi connectivity index (χ0) is 38.7. The van der Waals surface area contributed by atoms with E-state index >= 15 is 0 Å². The molecule has 4 nitrogen and oxygen atoms in total. The van der Waals surface area contributed by atoms with E-state index in [0.717, 1.165) is 95.0 Å². The van der Waals surface area contributed by atoms with Gasteiger partial charge in [0.15, 0.2) is 5.82 Å². The molecule has 0 N–H and O–H groups in total. The van der Waals surface area contributed by atoms with Crippen LogP contribution in [0.5, 0.6) is 0 Å². The molecule has 7 aromatic carbocycles. The zero-order valence-corrected chi connectivity index (χ0v) is 31.6. The Kier molecular flexibility index (Phi) is 9.18. The molecular weight excluding hydrogens is 705 g/mol. The highest BCUT2D eigenvalue weighted by Gasteiger charge is 2.15. The number of nitrogens with zero attached hydrogens (tertiary/aromatic N) is 4. The maximum Gasteiger partial charge on any atom is 0.160 e. The van der Waals surface area contributed by atoms with Crippen LogP contribution >= 0.6 is 0 Å². The Labute approximate surface area is 337 Å². The molecule has 0 bridgehead atoms. The second-order valence-corrected chi connectivity index (χ2v) is 14.3. The van der Waals surface area contributed by atoms with Gasteiger partial charge in [0.2, 0.25) is 0 Å². The minimum absolute atomic E-state index is 0.679. The van der Waals surface area contributed by atoms with Crippen LogP contribution < -0.4 is 0 Å². The van der Waals surface area contributed by atoms with E-state index in [9.17, 15) is 0 Å². The molecule has 0 aliphatic heterocycles. The van der Waals surface area contributed by atoms with Gasteiger partial charge >= 0.3 is 0 Å². The zero-order valence-electron chi connectivity index (χ0n) is 31.6. The normalized spacial score (nSPS) is 11.1. The first-order valence-corrected chi connectivity index (χ1v) is 19.5. The molecule has 3 heterocycles. The summed E-state index contributed by atoms with van der Waals surface area (Å²) in [6.45, 7) is 0. The Morgan fingerprint density at radius 2 is 0.569 bits per heavy atom. The molecule has 0 aliphatic rings. The minimum Gasteiger partial charge on any atom is -0.248 e. The summed E-state index contributed by atoms with van der Waals surface area (Å²) in [5, 5.41) is 1.00. The van der Waals surface area contributed by atoms with E-state index in [1.54, 1.807) is 0 Å². The lowest BCUT2D eigenvalue weighted by atomic mass is 9.98. The molecule has 3 aromatic heterocycles. The number of para-hydroxylation sites is 1. The molecule has 272 valence electrons. The molecule has 58 heavy (non-hydrogen) atoms. The molecule has 0 spiro atoms. The third-order valence-corrected chi connectivity index (χ3v) is 10.5. The summed E-state index contributed by atoms with van der Waals surface area (Å²) in [6.07, 6.45) is 0. The van der Waals surface area contributed by atoms with E-state index in [1.165, 1.54) is 0 Å². The Bertz CT molecular complexity index is 2890. The molecule has 0 saturated carbocycles. The van der Waals surface area contributed by atoms with Crippen molar-refractivity contribution >= 4 is 10.9 Å². The first kappa shape index (κ1) is 34.7. The lowest BCUT2D eigenvalue weighted by Crippen LogP contribution is -1.96. The fourth-order valence-electron chi connectivity index (χ4n) is 7.48. The second-order valence-electron chi connectivity index (χ2n) is 14.3. The summed E-state index contributed by atoms with van der Waals surface area (Å²) < 4.78 is 0. The molecule has 0 unspecified atom stereocenters. The van der Waals surface area contributed by atoms with Gasteiger partial charge in [-0.05, 0) is 52.6 Å². The predicted octanol–water partition coefficient (Wildman–Crippen LogP) is 13.8. The van der Waals surface area contributed by atoms with Gasteiger partial charge in [-0.2, -0.15) is 0 Å². The molecule has 4 heteroatoms. The average molecular weight is 741 g/mol. The summed E-state index contributed by atoms with van der Waals surface area (Å²) in [5.74, 6) is 0.679. The van der Waals surface area contributed by atoms with Crippen LogP contribution in [-0.2, 0) is 0 Å².